The Morgan fingerprint density at radius 2 is 1.18 bits per heavy atom. The van der Waals surface area contributed by atoms with E-state index in [1.165, 1.54) is 0 Å². The number of carbonyl (C=O) groups is 2. The van der Waals surface area contributed by atoms with Gasteiger partial charge < -0.3 is 14.9 Å². The summed E-state index contributed by atoms with van der Waals surface area (Å²) in [5.41, 5.74) is 0. The Morgan fingerprint density at radius 1 is 0.882 bits per heavy atom. The molecule has 0 aromatic rings. The van der Waals surface area contributed by atoms with E-state index in [0.717, 1.165) is 0 Å². The number of fused-ring (bicyclic) bond motifs is 2. The molecular weight excluding hydrogens is 300 g/mol. The van der Waals surface area contributed by atoms with Crippen molar-refractivity contribution in [2.24, 2.45) is 11.8 Å². The van der Waals surface area contributed by atoms with Crippen LogP contribution >= 0.6 is 0 Å². The zero-order chi connectivity index (χ0) is 9.59. The van der Waals surface area contributed by atoms with Gasteiger partial charge in [-0.15, -0.1) is 0 Å². The fourth-order valence-electron chi connectivity index (χ4n) is 2.31. The van der Waals surface area contributed by atoms with Gasteiger partial charge in [-0.25, -0.2) is 0 Å². The number of hydrogen-bond donors (Lipinski definition) is 2. The van der Waals surface area contributed by atoms with E-state index in [2.05, 4.69) is 0 Å². The molecule has 4 atom stereocenters. The van der Waals surface area contributed by atoms with E-state index in [4.69, 9.17) is 14.9 Å². The Bertz CT molecular complexity index is 253. The minimum absolute atomic E-state index is 0. The first-order valence-electron chi connectivity index (χ1n) is 4.22. The second-order valence-electron chi connectivity index (χ2n) is 3.52. The molecule has 17 heavy (non-hydrogen) atoms. The van der Waals surface area contributed by atoms with Gasteiger partial charge in [-0.1, -0.05) is 0 Å². The van der Waals surface area contributed by atoms with Crippen molar-refractivity contribution in [1.29, 1.82) is 0 Å². The molecule has 5 nitrogen and oxygen atoms in total. The molecule has 2 rings (SSSR count). The van der Waals surface area contributed by atoms with Crippen LogP contribution in [0.2, 0.25) is 0 Å². The predicted molar refractivity (Wildman–Crippen MR) is 68.7 cm³/mol. The van der Waals surface area contributed by atoms with Gasteiger partial charge in [0.1, 0.15) is 0 Å². The average molecular weight is 314 g/mol. The van der Waals surface area contributed by atoms with E-state index in [-0.39, 0.29) is 174 Å². The van der Waals surface area contributed by atoms with Crippen molar-refractivity contribution in [2.45, 2.75) is 25.0 Å². The zero-order valence-electron chi connectivity index (χ0n) is 6.84. The van der Waals surface area contributed by atoms with E-state index >= 15 is 0 Å². The summed E-state index contributed by atoms with van der Waals surface area (Å²) in [5.74, 6) is -3.81. The van der Waals surface area contributed by atoms with Gasteiger partial charge in [0.15, 0.2) is 0 Å². The summed E-state index contributed by atoms with van der Waals surface area (Å²) in [4.78, 5) is 21.5. The van der Waals surface area contributed by atoms with Crippen molar-refractivity contribution in [3.05, 3.63) is 0 Å². The summed E-state index contributed by atoms with van der Waals surface area (Å²) in [6, 6.07) is 0. The molecule has 80 valence electrons. The summed E-state index contributed by atoms with van der Waals surface area (Å²) in [7, 11) is 0. The fraction of sp³-hybridized carbons (Fsp3) is 0.750. The predicted octanol–water partition coefficient (Wildman–Crippen LogP) is -2.64. The molecule has 0 radical (unpaired) electrons. The van der Waals surface area contributed by atoms with Crippen molar-refractivity contribution < 1.29 is 24.5 Å². The Labute approximate surface area is 229 Å². The molecule has 0 aliphatic carbocycles. The van der Waals surface area contributed by atoms with Crippen LogP contribution in [0.5, 0.6) is 0 Å². The van der Waals surface area contributed by atoms with Gasteiger partial charge in [-0.05, 0) is 12.8 Å². The molecular formula is C8H14K2Na2O5. The van der Waals surface area contributed by atoms with Crippen LogP contribution in [-0.2, 0) is 14.3 Å². The normalized spacial score (nSPS) is 32.2. The maximum atomic E-state index is 10.8. The zero-order valence-corrected chi connectivity index (χ0v) is 6.84. The van der Waals surface area contributed by atoms with Crippen LogP contribution in [0.15, 0.2) is 0 Å². The van der Waals surface area contributed by atoms with Gasteiger partial charge in [0.05, 0.1) is 24.0 Å². The monoisotopic (exact) mass is 314 g/mol. The number of rotatable bonds is 2. The summed E-state index contributed by atoms with van der Waals surface area (Å²) >= 11 is 0. The maximum absolute atomic E-state index is 10.8. The molecule has 0 aromatic carbocycles. The van der Waals surface area contributed by atoms with Gasteiger partial charge in [-0.2, -0.15) is 0 Å². The van der Waals surface area contributed by atoms with Crippen LogP contribution in [-0.4, -0.2) is 196 Å². The third-order valence-corrected chi connectivity index (χ3v) is 2.84. The minimum atomic E-state index is -1.06. The van der Waals surface area contributed by atoms with Crippen LogP contribution in [0, 0.1) is 11.8 Å². The summed E-state index contributed by atoms with van der Waals surface area (Å²) in [5, 5.41) is 17.6. The molecule has 2 aliphatic rings. The first-order valence-corrected chi connectivity index (χ1v) is 4.22. The van der Waals surface area contributed by atoms with Crippen molar-refractivity contribution in [3.8, 4) is 0 Å². The Balaban J connectivity index is -0.000000490. The van der Waals surface area contributed by atoms with Gasteiger partial charge >= 0.3 is 174 Å². The third kappa shape index (κ3) is 6.05. The van der Waals surface area contributed by atoms with Crippen molar-refractivity contribution in [3.63, 3.8) is 0 Å². The van der Waals surface area contributed by atoms with E-state index in [9.17, 15) is 9.59 Å². The number of hydrogen-bond acceptors (Lipinski definition) is 3. The SMILES string of the molecule is O=C(O)C1C2CCC(O2)C1C(=O)O.[KH].[KH].[NaH].[NaH]. The molecule has 2 fully saturated rings. The number of carboxylic acid groups (broad SMARTS) is 2. The average Bonchev–Trinajstić information content (AvgIpc) is 2.60. The van der Waals surface area contributed by atoms with Crippen LogP contribution in [0.3, 0.4) is 0 Å². The first-order chi connectivity index (χ1) is 6.11. The standard InChI is InChI=1S/C8H10O5.2K.2Na.4H/c9-7(10)5-3-1-2-4(13-3)6(5)8(11)12;;;;;;;;/h3-6H,1-2H2,(H,9,10)(H,11,12);;;;;;;;. The number of ether oxygens (including phenoxy) is 1. The van der Waals surface area contributed by atoms with Gasteiger partial charge in [0, 0.05) is 0 Å². The first kappa shape index (κ1) is 26.1. The fourth-order valence-corrected chi connectivity index (χ4v) is 2.31. The molecule has 9 heteroatoms. The molecule has 0 spiro atoms. The molecule has 0 aromatic heterocycles. The summed E-state index contributed by atoms with van der Waals surface area (Å²) in [6.45, 7) is 0. The Hall–Kier alpha value is 4.17. The topological polar surface area (TPSA) is 83.8 Å². The second kappa shape index (κ2) is 11.7. The van der Waals surface area contributed by atoms with Crippen molar-refractivity contribution in [2.75, 3.05) is 0 Å². The molecule has 2 N–H and O–H groups in total. The van der Waals surface area contributed by atoms with Crippen LogP contribution in [0.4, 0.5) is 0 Å². The number of aliphatic carboxylic acids is 2. The van der Waals surface area contributed by atoms with Crippen LogP contribution in [0.1, 0.15) is 12.8 Å². The van der Waals surface area contributed by atoms with Crippen LogP contribution < -0.4 is 0 Å². The van der Waals surface area contributed by atoms with E-state index in [1.807, 2.05) is 0 Å². The molecule has 2 heterocycles. The third-order valence-electron chi connectivity index (χ3n) is 2.84. The van der Waals surface area contributed by atoms with E-state index < -0.39 is 23.8 Å². The van der Waals surface area contributed by atoms with Gasteiger partial charge in [0.2, 0.25) is 0 Å². The quantitative estimate of drug-likeness (QED) is 0.544. The van der Waals surface area contributed by atoms with Crippen LogP contribution in [0.25, 0.3) is 0 Å². The van der Waals surface area contributed by atoms with Crippen molar-refractivity contribution >= 4 is 174 Å². The molecule has 0 saturated carbocycles. The molecule has 2 bridgehead atoms. The van der Waals surface area contributed by atoms with Gasteiger partial charge in [0.25, 0.3) is 0 Å². The van der Waals surface area contributed by atoms with E-state index in [0.29, 0.717) is 12.8 Å². The molecule has 0 amide bonds. The van der Waals surface area contributed by atoms with Gasteiger partial charge in [-0.3, -0.25) is 9.59 Å². The second-order valence-corrected chi connectivity index (χ2v) is 3.52. The Morgan fingerprint density at radius 3 is 1.41 bits per heavy atom. The molecule has 4 unspecified atom stereocenters. The molecule has 2 aliphatic heterocycles. The summed E-state index contributed by atoms with van der Waals surface area (Å²) in [6.07, 6.45) is 0.573. The van der Waals surface area contributed by atoms with E-state index in [1.54, 1.807) is 0 Å². The summed E-state index contributed by atoms with van der Waals surface area (Å²) < 4.78 is 5.26. The van der Waals surface area contributed by atoms with Crippen molar-refractivity contribution in [1.82, 2.24) is 0 Å². The Kier molecular flexibility index (Phi) is 18.0. The number of carboxylic acids is 2. The molecule has 2 saturated heterocycles.